The molecule has 1 aromatic carbocycles. The normalized spacial score (nSPS) is 11.7. The quantitative estimate of drug-likeness (QED) is 0.860. The number of nitrogens with two attached hydrogens (primary N) is 1. The number of hydrogen-bond acceptors (Lipinski definition) is 2. The summed E-state index contributed by atoms with van der Waals surface area (Å²) >= 11 is 0. The number of nitrogens with zero attached hydrogens (tertiary/aromatic N) is 1. The molecular formula is C20H28N2O2. The number of primary amides is 1. The van der Waals surface area contributed by atoms with Crippen molar-refractivity contribution in [2.75, 3.05) is 0 Å². The van der Waals surface area contributed by atoms with Crippen LogP contribution in [0.2, 0.25) is 0 Å². The number of carbonyl (C=O) groups is 1. The average Bonchev–Trinajstić information content (AvgIpc) is 2.76. The lowest BCUT2D eigenvalue weighted by molar-refractivity contribution is 0.1000. The Bertz CT molecular complexity index is 752. The molecule has 2 rings (SSSR count). The highest BCUT2D eigenvalue weighted by Gasteiger charge is 2.24. The van der Waals surface area contributed by atoms with Crippen LogP contribution in [0.15, 0.2) is 24.3 Å². The molecule has 24 heavy (non-hydrogen) atoms. The third kappa shape index (κ3) is 3.64. The minimum Gasteiger partial charge on any atom is -0.508 e. The molecule has 0 radical (unpaired) electrons. The van der Waals surface area contributed by atoms with Gasteiger partial charge in [-0.2, -0.15) is 0 Å². The van der Waals surface area contributed by atoms with Gasteiger partial charge in [0.25, 0.3) is 5.91 Å². The second-order valence-electron chi connectivity index (χ2n) is 7.51. The number of benzene rings is 1. The summed E-state index contributed by atoms with van der Waals surface area (Å²) in [6, 6.07) is 7.02. The first kappa shape index (κ1) is 18.1. The van der Waals surface area contributed by atoms with Crippen molar-refractivity contribution in [3.05, 3.63) is 41.2 Å². The minimum atomic E-state index is -0.421. The number of hydrogen-bond donors (Lipinski definition) is 2. The van der Waals surface area contributed by atoms with E-state index in [-0.39, 0.29) is 11.2 Å². The Morgan fingerprint density at radius 3 is 2.46 bits per heavy atom. The Hall–Kier alpha value is -2.23. The van der Waals surface area contributed by atoms with Crippen LogP contribution < -0.4 is 5.73 Å². The predicted molar refractivity (Wildman–Crippen MR) is 98.2 cm³/mol. The monoisotopic (exact) mass is 328 g/mol. The van der Waals surface area contributed by atoms with Gasteiger partial charge in [-0.25, -0.2) is 0 Å². The van der Waals surface area contributed by atoms with Crippen molar-refractivity contribution in [3.8, 4) is 16.9 Å². The van der Waals surface area contributed by atoms with E-state index in [1.807, 2.05) is 13.0 Å². The zero-order chi connectivity index (χ0) is 18.1. The average molecular weight is 328 g/mol. The van der Waals surface area contributed by atoms with Crippen molar-refractivity contribution in [2.45, 2.75) is 54.0 Å². The molecule has 0 saturated heterocycles. The summed E-state index contributed by atoms with van der Waals surface area (Å²) in [7, 11) is 0. The standard InChI is InChI=1S/C20H28N2O2/c1-6-16-18(14-8-7-9-15(23)12-14)17(19(21)24)13(2)22(16)11-10-20(3,4)5/h7-9,12,23H,6,10-11H2,1-5H3,(H2,21,24). The van der Waals surface area contributed by atoms with E-state index in [1.165, 1.54) is 0 Å². The lowest BCUT2D eigenvalue weighted by Gasteiger charge is -2.20. The smallest absolute Gasteiger partial charge is 0.251 e. The number of rotatable bonds is 5. The number of aromatic nitrogens is 1. The number of phenolic OH excluding ortho intramolecular Hbond substituents is 1. The molecule has 0 aliphatic rings. The first-order valence-electron chi connectivity index (χ1n) is 8.47. The third-order valence-corrected chi connectivity index (χ3v) is 4.43. The largest absolute Gasteiger partial charge is 0.508 e. The van der Waals surface area contributed by atoms with Gasteiger partial charge < -0.3 is 15.4 Å². The fourth-order valence-electron chi connectivity index (χ4n) is 3.19. The molecule has 1 aromatic heterocycles. The summed E-state index contributed by atoms with van der Waals surface area (Å²) in [6.45, 7) is 11.5. The van der Waals surface area contributed by atoms with Crippen LogP contribution in [0.4, 0.5) is 0 Å². The van der Waals surface area contributed by atoms with Gasteiger partial charge in [-0.3, -0.25) is 4.79 Å². The highest BCUT2D eigenvalue weighted by molar-refractivity contribution is 6.02. The molecule has 0 bridgehead atoms. The van der Waals surface area contributed by atoms with E-state index in [9.17, 15) is 9.90 Å². The Labute approximate surface area is 144 Å². The molecule has 0 unspecified atom stereocenters. The summed E-state index contributed by atoms with van der Waals surface area (Å²) in [5.41, 5.74) is 10.1. The molecule has 0 atom stereocenters. The summed E-state index contributed by atoms with van der Waals surface area (Å²) < 4.78 is 2.21. The van der Waals surface area contributed by atoms with Crippen LogP contribution in [0.3, 0.4) is 0 Å². The van der Waals surface area contributed by atoms with E-state index in [0.717, 1.165) is 41.9 Å². The van der Waals surface area contributed by atoms with Crippen LogP contribution in [-0.2, 0) is 13.0 Å². The Morgan fingerprint density at radius 1 is 1.29 bits per heavy atom. The van der Waals surface area contributed by atoms with Gasteiger partial charge in [0.1, 0.15) is 5.75 Å². The predicted octanol–water partition coefficient (Wildman–Crippen LogP) is 4.27. The lowest BCUT2D eigenvalue weighted by atomic mass is 9.92. The number of amides is 1. The molecule has 2 aromatic rings. The van der Waals surface area contributed by atoms with Gasteiger partial charge in [-0.15, -0.1) is 0 Å². The van der Waals surface area contributed by atoms with Crippen LogP contribution >= 0.6 is 0 Å². The van der Waals surface area contributed by atoms with E-state index in [4.69, 9.17) is 5.73 Å². The maximum Gasteiger partial charge on any atom is 0.251 e. The number of carbonyl (C=O) groups excluding carboxylic acids is 1. The van der Waals surface area contributed by atoms with Crippen LogP contribution in [0.5, 0.6) is 5.75 Å². The fraction of sp³-hybridized carbons (Fsp3) is 0.450. The lowest BCUT2D eigenvalue weighted by Crippen LogP contribution is -2.15. The van der Waals surface area contributed by atoms with E-state index >= 15 is 0 Å². The van der Waals surface area contributed by atoms with Gasteiger partial charge in [0, 0.05) is 23.5 Å². The molecule has 0 aliphatic carbocycles. The van der Waals surface area contributed by atoms with Gasteiger partial charge in [0.05, 0.1) is 5.56 Å². The van der Waals surface area contributed by atoms with Crippen molar-refractivity contribution in [1.29, 1.82) is 0 Å². The summed E-state index contributed by atoms with van der Waals surface area (Å²) in [5, 5.41) is 9.83. The zero-order valence-corrected chi connectivity index (χ0v) is 15.3. The molecule has 4 heteroatoms. The van der Waals surface area contributed by atoms with E-state index in [1.54, 1.807) is 18.2 Å². The van der Waals surface area contributed by atoms with Crippen molar-refractivity contribution >= 4 is 5.91 Å². The molecular weight excluding hydrogens is 300 g/mol. The third-order valence-electron chi connectivity index (χ3n) is 4.43. The van der Waals surface area contributed by atoms with Crippen molar-refractivity contribution in [2.24, 2.45) is 11.1 Å². The van der Waals surface area contributed by atoms with Crippen molar-refractivity contribution in [1.82, 2.24) is 4.57 Å². The molecule has 0 aliphatic heterocycles. The summed E-state index contributed by atoms with van der Waals surface area (Å²) in [6.07, 6.45) is 1.80. The first-order valence-corrected chi connectivity index (χ1v) is 8.47. The Kier molecular flexibility index (Phi) is 5.07. The molecule has 130 valence electrons. The van der Waals surface area contributed by atoms with Crippen LogP contribution in [-0.4, -0.2) is 15.6 Å². The van der Waals surface area contributed by atoms with Crippen LogP contribution in [0, 0.1) is 12.3 Å². The summed E-state index contributed by atoms with van der Waals surface area (Å²) in [5.74, 6) is -0.236. The minimum absolute atomic E-state index is 0.185. The van der Waals surface area contributed by atoms with Crippen LogP contribution in [0.1, 0.15) is 55.9 Å². The highest BCUT2D eigenvalue weighted by atomic mass is 16.3. The molecule has 3 N–H and O–H groups in total. The zero-order valence-electron chi connectivity index (χ0n) is 15.3. The molecule has 1 amide bonds. The number of aromatic hydroxyl groups is 1. The Morgan fingerprint density at radius 2 is 1.96 bits per heavy atom. The van der Waals surface area contributed by atoms with Gasteiger partial charge in [0.15, 0.2) is 0 Å². The Balaban J connectivity index is 2.66. The van der Waals surface area contributed by atoms with E-state index in [0.29, 0.717) is 5.56 Å². The van der Waals surface area contributed by atoms with Gasteiger partial charge >= 0.3 is 0 Å². The summed E-state index contributed by atoms with van der Waals surface area (Å²) in [4.78, 5) is 12.1. The second kappa shape index (κ2) is 6.71. The van der Waals surface area contributed by atoms with E-state index < -0.39 is 5.91 Å². The SMILES string of the molecule is CCc1c(-c2cccc(O)c2)c(C(N)=O)c(C)n1CCC(C)(C)C. The maximum atomic E-state index is 12.1. The van der Waals surface area contributed by atoms with E-state index in [2.05, 4.69) is 32.3 Å². The molecule has 0 spiro atoms. The fourth-order valence-corrected chi connectivity index (χ4v) is 3.19. The molecule has 1 heterocycles. The highest BCUT2D eigenvalue weighted by Crippen LogP contribution is 2.35. The van der Waals surface area contributed by atoms with Gasteiger partial charge in [0.2, 0.25) is 0 Å². The topological polar surface area (TPSA) is 68.2 Å². The van der Waals surface area contributed by atoms with Gasteiger partial charge in [-0.1, -0.05) is 39.8 Å². The first-order chi connectivity index (χ1) is 11.2. The van der Waals surface area contributed by atoms with Crippen LogP contribution in [0.25, 0.3) is 11.1 Å². The molecule has 0 fully saturated rings. The maximum absolute atomic E-state index is 12.1. The number of phenols is 1. The van der Waals surface area contributed by atoms with Crippen molar-refractivity contribution in [3.63, 3.8) is 0 Å². The van der Waals surface area contributed by atoms with Gasteiger partial charge in [-0.05, 0) is 42.9 Å². The molecule has 0 saturated carbocycles. The van der Waals surface area contributed by atoms with Crippen molar-refractivity contribution < 1.29 is 9.90 Å². The second-order valence-corrected chi connectivity index (χ2v) is 7.51. The molecule has 4 nitrogen and oxygen atoms in total.